The summed E-state index contributed by atoms with van der Waals surface area (Å²) in [6.45, 7) is 0. The molecule has 0 amide bonds. The summed E-state index contributed by atoms with van der Waals surface area (Å²) in [5.41, 5.74) is 5.33. The molecule has 13 heavy (non-hydrogen) atoms. The number of nitrogen functional groups attached to an aromatic ring is 1. The van der Waals surface area contributed by atoms with Crippen LogP contribution in [0.5, 0.6) is 0 Å². The standard InChI is InChI=1S/C7H11N3O2S/c1-10(2)13(11,12)6-3-4-7(8)9-5-6/h3-5H,1-2H3,(H2,8,9). The van der Waals surface area contributed by atoms with E-state index >= 15 is 0 Å². The number of pyridine rings is 1. The van der Waals surface area contributed by atoms with Crippen LogP contribution in [-0.2, 0) is 10.0 Å². The van der Waals surface area contributed by atoms with Gasteiger partial charge in [0.25, 0.3) is 0 Å². The predicted octanol–water partition coefficient (Wildman–Crippen LogP) is -0.0859. The van der Waals surface area contributed by atoms with Crippen molar-refractivity contribution in [1.82, 2.24) is 9.29 Å². The Morgan fingerprint density at radius 3 is 2.38 bits per heavy atom. The maximum Gasteiger partial charge on any atom is 0.244 e. The van der Waals surface area contributed by atoms with E-state index < -0.39 is 10.0 Å². The normalized spacial score (nSPS) is 11.9. The van der Waals surface area contributed by atoms with Gasteiger partial charge in [0.1, 0.15) is 10.7 Å². The number of nitrogens with zero attached hydrogens (tertiary/aromatic N) is 2. The van der Waals surface area contributed by atoms with Gasteiger partial charge in [-0.1, -0.05) is 0 Å². The van der Waals surface area contributed by atoms with Crippen LogP contribution in [0.25, 0.3) is 0 Å². The summed E-state index contributed by atoms with van der Waals surface area (Å²) in [5, 5.41) is 0. The second kappa shape index (κ2) is 3.31. The van der Waals surface area contributed by atoms with Gasteiger partial charge in [-0.15, -0.1) is 0 Å². The lowest BCUT2D eigenvalue weighted by Gasteiger charge is -2.10. The second-order valence-electron chi connectivity index (χ2n) is 2.71. The summed E-state index contributed by atoms with van der Waals surface area (Å²) >= 11 is 0. The van der Waals surface area contributed by atoms with Crippen molar-refractivity contribution < 1.29 is 8.42 Å². The summed E-state index contributed by atoms with van der Waals surface area (Å²) in [5.74, 6) is 0.303. The molecule has 0 aliphatic carbocycles. The van der Waals surface area contributed by atoms with Crippen LogP contribution in [0.4, 0.5) is 5.82 Å². The Kier molecular flexibility index (Phi) is 2.53. The minimum Gasteiger partial charge on any atom is -0.384 e. The lowest BCUT2D eigenvalue weighted by Crippen LogP contribution is -2.22. The Balaban J connectivity index is 3.17. The summed E-state index contributed by atoms with van der Waals surface area (Å²) < 4.78 is 24.1. The average Bonchev–Trinajstić information content (AvgIpc) is 2.04. The Bertz CT molecular complexity index is 383. The van der Waals surface area contributed by atoms with E-state index in [4.69, 9.17) is 5.73 Å². The van der Waals surface area contributed by atoms with Gasteiger partial charge in [0.15, 0.2) is 0 Å². The van der Waals surface area contributed by atoms with E-state index in [1.54, 1.807) is 0 Å². The molecule has 0 aliphatic heterocycles. The number of nitrogens with two attached hydrogens (primary N) is 1. The number of hydrogen-bond acceptors (Lipinski definition) is 4. The Labute approximate surface area is 77.2 Å². The van der Waals surface area contributed by atoms with Gasteiger partial charge in [0, 0.05) is 20.3 Å². The average molecular weight is 201 g/mol. The first-order valence-electron chi connectivity index (χ1n) is 3.58. The highest BCUT2D eigenvalue weighted by Crippen LogP contribution is 2.11. The molecular weight excluding hydrogens is 190 g/mol. The van der Waals surface area contributed by atoms with Gasteiger partial charge in [0.05, 0.1) is 0 Å². The van der Waals surface area contributed by atoms with Crippen molar-refractivity contribution in [3.8, 4) is 0 Å². The Morgan fingerprint density at radius 2 is 2.00 bits per heavy atom. The SMILES string of the molecule is CN(C)S(=O)(=O)c1ccc(N)nc1. The molecule has 0 saturated carbocycles. The molecule has 0 fully saturated rings. The molecule has 1 rings (SSSR count). The number of rotatable bonds is 2. The van der Waals surface area contributed by atoms with Gasteiger partial charge in [0.2, 0.25) is 10.0 Å². The zero-order valence-corrected chi connectivity index (χ0v) is 8.25. The van der Waals surface area contributed by atoms with Crippen LogP contribution in [0.3, 0.4) is 0 Å². The summed E-state index contributed by atoms with van der Waals surface area (Å²) in [6, 6.07) is 2.88. The van der Waals surface area contributed by atoms with E-state index in [0.717, 1.165) is 4.31 Å². The first-order valence-corrected chi connectivity index (χ1v) is 5.02. The van der Waals surface area contributed by atoms with E-state index in [1.165, 1.54) is 32.4 Å². The van der Waals surface area contributed by atoms with Crippen molar-refractivity contribution in [2.75, 3.05) is 19.8 Å². The van der Waals surface area contributed by atoms with Crippen molar-refractivity contribution in [3.63, 3.8) is 0 Å². The van der Waals surface area contributed by atoms with Gasteiger partial charge in [-0.2, -0.15) is 0 Å². The minimum atomic E-state index is -3.38. The first-order chi connectivity index (χ1) is 5.94. The largest absolute Gasteiger partial charge is 0.384 e. The smallest absolute Gasteiger partial charge is 0.244 e. The van der Waals surface area contributed by atoms with Crippen molar-refractivity contribution in [2.45, 2.75) is 4.90 Å². The van der Waals surface area contributed by atoms with Crippen molar-refractivity contribution in [1.29, 1.82) is 0 Å². The van der Waals surface area contributed by atoms with Crippen molar-refractivity contribution in [3.05, 3.63) is 18.3 Å². The zero-order chi connectivity index (χ0) is 10.1. The Hall–Kier alpha value is -1.14. The van der Waals surface area contributed by atoms with Crippen LogP contribution in [0, 0.1) is 0 Å². The minimum absolute atomic E-state index is 0.145. The third-order valence-electron chi connectivity index (χ3n) is 1.54. The number of anilines is 1. The summed E-state index contributed by atoms with van der Waals surface area (Å²) in [4.78, 5) is 3.84. The molecule has 1 heterocycles. The van der Waals surface area contributed by atoms with Gasteiger partial charge < -0.3 is 5.73 Å². The fourth-order valence-electron chi connectivity index (χ4n) is 0.755. The molecule has 72 valence electrons. The zero-order valence-electron chi connectivity index (χ0n) is 7.43. The lowest BCUT2D eigenvalue weighted by atomic mass is 10.5. The van der Waals surface area contributed by atoms with Crippen LogP contribution in [-0.4, -0.2) is 31.8 Å². The molecule has 0 aromatic carbocycles. The van der Waals surface area contributed by atoms with Gasteiger partial charge >= 0.3 is 0 Å². The molecule has 0 bridgehead atoms. The molecule has 0 aliphatic rings. The number of aromatic nitrogens is 1. The first kappa shape index (κ1) is 9.94. The molecule has 0 spiro atoms. The Morgan fingerprint density at radius 1 is 1.38 bits per heavy atom. The highest BCUT2D eigenvalue weighted by molar-refractivity contribution is 7.89. The van der Waals surface area contributed by atoms with Gasteiger partial charge in [-0.3, -0.25) is 0 Å². The molecule has 1 aromatic heterocycles. The predicted molar refractivity (Wildman–Crippen MR) is 49.5 cm³/mol. The van der Waals surface area contributed by atoms with Crippen LogP contribution < -0.4 is 5.73 Å². The van der Waals surface area contributed by atoms with Crippen LogP contribution >= 0.6 is 0 Å². The number of sulfonamides is 1. The monoisotopic (exact) mass is 201 g/mol. The van der Waals surface area contributed by atoms with E-state index in [0.29, 0.717) is 5.82 Å². The van der Waals surface area contributed by atoms with Crippen molar-refractivity contribution in [2.24, 2.45) is 0 Å². The summed E-state index contributed by atoms with van der Waals surface area (Å²) in [7, 11) is -0.450. The van der Waals surface area contributed by atoms with E-state index in [2.05, 4.69) is 4.98 Å². The van der Waals surface area contributed by atoms with Crippen LogP contribution in [0.15, 0.2) is 23.2 Å². The molecule has 0 saturated heterocycles. The second-order valence-corrected chi connectivity index (χ2v) is 4.86. The fourth-order valence-corrected chi connectivity index (χ4v) is 1.60. The molecule has 0 unspecified atom stereocenters. The third kappa shape index (κ3) is 1.96. The highest BCUT2D eigenvalue weighted by Gasteiger charge is 2.16. The van der Waals surface area contributed by atoms with Crippen LogP contribution in [0.1, 0.15) is 0 Å². The van der Waals surface area contributed by atoms with Gasteiger partial charge in [-0.25, -0.2) is 17.7 Å². The molecule has 0 atom stereocenters. The topological polar surface area (TPSA) is 76.3 Å². The number of hydrogen-bond donors (Lipinski definition) is 1. The van der Waals surface area contributed by atoms with E-state index in [9.17, 15) is 8.42 Å². The van der Waals surface area contributed by atoms with Crippen molar-refractivity contribution >= 4 is 15.8 Å². The van der Waals surface area contributed by atoms with Crippen LogP contribution in [0.2, 0.25) is 0 Å². The van der Waals surface area contributed by atoms with E-state index in [-0.39, 0.29) is 4.90 Å². The highest BCUT2D eigenvalue weighted by atomic mass is 32.2. The fraction of sp³-hybridized carbons (Fsp3) is 0.286. The molecule has 5 nitrogen and oxygen atoms in total. The molecule has 6 heteroatoms. The lowest BCUT2D eigenvalue weighted by molar-refractivity contribution is 0.520. The molecule has 0 radical (unpaired) electrons. The maximum absolute atomic E-state index is 11.5. The quantitative estimate of drug-likeness (QED) is 0.725. The molecular formula is C7H11N3O2S. The molecule has 1 aromatic rings. The third-order valence-corrected chi connectivity index (χ3v) is 3.34. The van der Waals surface area contributed by atoms with Gasteiger partial charge in [-0.05, 0) is 12.1 Å². The van der Waals surface area contributed by atoms with E-state index in [1.807, 2.05) is 0 Å². The molecule has 2 N–H and O–H groups in total. The summed E-state index contributed by atoms with van der Waals surface area (Å²) in [6.07, 6.45) is 1.24. The maximum atomic E-state index is 11.5.